The lowest BCUT2D eigenvalue weighted by Crippen LogP contribution is -2.41. The molecule has 5 rings (SSSR count). The molecule has 1 aliphatic carbocycles. The molecule has 0 radical (unpaired) electrons. The van der Waals surface area contributed by atoms with Gasteiger partial charge in [0.1, 0.15) is 35.6 Å². The Hall–Kier alpha value is -2.92. The topological polar surface area (TPSA) is 45.5 Å². The molecule has 0 N–H and O–H groups in total. The number of benzene rings is 3. The molecule has 0 fully saturated rings. The first-order valence-corrected chi connectivity index (χ1v) is 19.6. The monoisotopic (exact) mass is 688 g/mol. The maximum atomic E-state index is 15.3. The third-order valence-electron chi connectivity index (χ3n) is 8.94. The average molecular weight is 689 g/mol. The molecule has 1 heterocycles. The Balaban J connectivity index is 1.40. The molecule has 0 saturated carbocycles. The number of hydrogen-bond acceptors (Lipinski definition) is 5. The number of hydrogen-bond donors (Lipinski definition) is 0. The lowest BCUT2D eigenvalue weighted by molar-refractivity contribution is 0.202. The lowest BCUT2D eigenvalue weighted by Gasteiger charge is -2.36. The Morgan fingerprint density at radius 1 is 1.00 bits per heavy atom. The predicted octanol–water partition coefficient (Wildman–Crippen LogP) is 10.1. The van der Waals surface area contributed by atoms with Crippen LogP contribution in [0.3, 0.4) is 0 Å². The molecule has 0 aliphatic heterocycles. The van der Waals surface area contributed by atoms with Crippen molar-refractivity contribution < 1.29 is 27.1 Å². The van der Waals surface area contributed by atoms with Gasteiger partial charge in [-0.2, -0.15) is 0 Å². The van der Waals surface area contributed by atoms with Crippen molar-refractivity contribution in [1.82, 2.24) is 9.55 Å². The van der Waals surface area contributed by atoms with Crippen molar-refractivity contribution in [2.24, 2.45) is 0 Å². The summed E-state index contributed by atoms with van der Waals surface area (Å²) in [5, 5.41) is 1.15. The number of rotatable bonds is 11. The number of methoxy groups -OCH3 is 1. The molecular formula is C35H40ClF3N2O3SSi. The number of halogens is 4. The summed E-state index contributed by atoms with van der Waals surface area (Å²) in [7, 11) is -0.372. The van der Waals surface area contributed by atoms with Crippen molar-refractivity contribution in [1.29, 1.82) is 0 Å². The first kappa shape index (κ1) is 34.4. The minimum atomic E-state index is -1.95. The number of thioether (sulfide) groups is 1. The molecule has 4 aromatic rings. The maximum absolute atomic E-state index is 15.3. The second kappa shape index (κ2) is 14.1. The van der Waals surface area contributed by atoms with Crippen LogP contribution in [-0.2, 0) is 16.6 Å². The summed E-state index contributed by atoms with van der Waals surface area (Å²) >= 11 is 7.56. The minimum Gasteiger partial charge on any atom is -0.495 e. The van der Waals surface area contributed by atoms with Crippen LogP contribution in [0.25, 0.3) is 5.69 Å². The van der Waals surface area contributed by atoms with Gasteiger partial charge in [-0.05, 0) is 79.4 Å². The Morgan fingerprint density at radius 3 is 2.35 bits per heavy atom. The zero-order valence-electron chi connectivity index (χ0n) is 27.1. The van der Waals surface area contributed by atoms with E-state index in [2.05, 4.69) is 33.9 Å². The van der Waals surface area contributed by atoms with E-state index in [-0.39, 0.29) is 40.4 Å². The van der Waals surface area contributed by atoms with Crippen LogP contribution < -0.4 is 9.47 Å². The summed E-state index contributed by atoms with van der Waals surface area (Å²) in [6, 6.07) is 14.3. The van der Waals surface area contributed by atoms with Gasteiger partial charge in [0.15, 0.2) is 13.5 Å². The van der Waals surface area contributed by atoms with Crippen LogP contribution >= 0.6 is 23.4 Å². The predicted molar refractivity (Wildman–Crippen MR) is 181 cm³/mol. The fourth-order valence-corrected chi connectivity index (χ4v) is 7.65. The fourth-order valence-electron chi connectivity index (χ4n) is 5.37. The van der Waals surface area contributed by atoms with E-state index in [1.54, 1.807) is 19.2 Å². The van der Waals surface area contributed by atoms with Crippen LogP contribution in [0.5, 0.6) is 11.5 Å². The largest absolute Gasteiger partial charge is 0.495 e. The molecule has 0 spiro atoms. The number of imidazole rings is 1. The van der Waals surface area contributed by atoms with Crippen molar-refractivity contribution >= 4 is 31.7 Å². The number of aromatic nitrogens is 2. The smallest absolute Gasteiger partial charge is 0.192 e. The molecule has 11 heteroatoms. The summed E-state index contributed by atoms with van der Waals surface area (Å²) < 4.78 is 63.8. The highest BCUT2D eigenvalue weighted by atomic mass is 35.5. The summed E-state index contributed by atoms with van der Waals surface area (Å²) in [4.78, 5) is 4.96. The van der Waals surface area contributed by atoms with Gasteiger partial charge < -0.3 is 13.9 Å². The van der Waals surface area contributed by atoms with Gasteiger partial charge in [0.2, 0.25) is 0 Å². The molecule has 5 nitrogen and oxygen atoms in total. The molecule has 1 unspecified atom stereocenters. The Labute approximate surface area is 279 Å². The van der Waals surface area contributed by atoms with Crippen molar-refractivity contribution in [3.05, 3.63) is 99.6 Å². The summed E-state index contributed by atoms with van der Waals surface area (Å²) in [6.45, 7) is 11.3. The van der Waals surface area contributed by atoms with Gasteiger partial charge in [-0.25, -0.2) is 18.2 Å². The molecule has 0 saturated heterocycles. The lowest BCUT2D eigenvalue weighted by atomic mass is 9.84. The van der Waals surface area contributed by atoms with Crippen LogP contribution in [0, 0.1) is 17.5 Å². The van der Waals surface area contributed by atoms with Crippen LogP contribution in [0.2, 0.25) is 23.2 Å². The van der Waals surface area contributed by atoms with Crippen LogP contribution in [0.4, 0.5) is 13.2 Å². The maximum Gasteiger partial charge on any atom is 0.192 e. The van der Waals surface area contributed by atoms with E-state index in [1.165, 1.54) is 36.0 Å². The van der Waals surface area contributed by atoms with Crippen LogP contribution in [-0.4, -0.2) is 38.2 Å². The molecular weight excluding hydrogens is 649 g/mol. The van der Waals surface area contributed by atoms with E-state index in [9.17, 15) is 4.39 Å². The van der Waals surface area contributed by atoms with Gasteiger partial charge in [0.25, 0.3) is 0 Å². The van der Waals surface area contributed by atoms with Gasteiger partial charge in [-0.15, -0.1) is 0 Å². The third-order valence-corrected chi connectivity index (χ3v) is 14.8. The van der Waals surface area contributed by atoms with Crippen molar-refractivity contribution in [2.45, 2.75) is 75.0 Å². The third kappa shape index (κ3) is 7.45. The van der Waals surface area contributed by atoms with Crippen LogP contribution in [0.1, 0.15) is 62.0 Å². The number of nitrogens with zero attached hydrogens (tertiary/aromatic N) is 2. The number of aryl methyl sites for hydroxylation is 1. The van der Waals surface area contributed by atoms with Gasteiger partial charge in [-0.3, -0.25) is 4.57 Å². The van der Waals surface area contributed by atoms with Gasteiger partial charge in [0, 0.05) is 35.1 Å². The summed E-state index contributed by atoms with van der Waals surface area (Å²) in [5.74, 6) is -1.08. The first-order chi connectivity index (χ1) is 21.8. The fraction of sp³-hybridized carbons (Fsp3) is 0.400. The number of ether oxygens (including phenoxy) is 2. The van der Waals surface area contributed by atoms with E-state index in [0.29, 0.717) is 22.5 Å². The highest BCUT2D eigenvalue weighted by Gasteiger charge is 2.37. The Morgan fingerprint density at radius 2 is 1.70 bits per heavy atom. The molecule has 0 bridgehead atoms. The second-order valence-corrected chi connectivity index (χ2v) is 19.1. The highest BCUT2D eigenvalue weighted by Crippen LogP contribution is 2.43. The molecule has 0 amide bonds. The second-order valence-electron chi connectivity index (χ2n) is 13.0. The van der Waals surface area contributed by atoms with Crippen molar-refractivity contribution in [2.75, 3.05) is 20.3 Å². The van der Waals surface area contributed by atoms with Gasteiger partial charge in [-0.1, -0.05) is 50.2 Å². The van der Waals surface area contributed by atoms with Crippen molar-refractivity contribution in [3.8, 4) is 17.2 Å². The Kier molecular flexibility index (Phi) is 10.5. The molecule has 1 aromatic heterocycles. The standard InChI is InChI=1S/C35H40ClF3N2O3SSi/c1-35(2,3)46(5,6)44-17-16-43-25-19-29(38)27(30(39)20-25)21-45-34-40-31-9-7-8-26(22-10-15-28(36)32(18-22)42-4)33(31)41(34)24-13-11-23(37)12-14-24/h10-15,18-20,26H,7-9,16-17,21H2,1-6H3. The first-order valence-electron chi connectivity index (χ1n) is 15.4. The van der Waals surface area contributed by atoms with E-state index in [0.717, 1.165) is 41.9 Å². The molecule has 246 valence electrons. The quantitative estimate of drug-likeness (QED) is 0.0892. The van der Waals surface area contributed by atoms with Gasteiger partial charge >= 0.3 is 0 Å². The zero-order valence-corrected chi connectivity index (χ0v) is 29.6. The SMILES string of the molecule is COc1cc(C2CCCc3nc(SCc4c(F)cc(OCCO[Si](C)(C)C(C)(C)C)cc4F)n(-c4ccc(F)cc4)c32)ccc1Cl. The molecule has 1 atom stereocenters. The Bertz CT molecular complexity index is 1670. The highest BCUT2D eigenvalue weighted by molar-refractivity contribution is 7.98. The molecule has 46 heavy (non-hydrogen) atoms. The van der Waals surface area contributed by atoms with E-state index < -0.39 is 20.0 Å². The zero-order chi connectivity index (χ0) is 33.2. The van der Waals surface area contributed by atoms with Crippen molar-refractivity contribution in [3.63, 3.8) is 0 Å². The van der Waals surface area contributed by atoms with E-state index in [1.807, 2.05) is 22.8 Å². The minimum absolute atomic E-state index is 0.00293. The van der Waals surface area contributed by atoms with E-state index >= 15 is 8.78 Å². The normalized spacial score (nSPS) is 15.1. The summed E-state index contributed by atoms with van der Waals surface area (Å²) in [6.07, 6.45) is 2.53. The average Bonchev–Trinajstić information content (AvgIpc) is 3.37. The number of fused-ring (bicyclic) bond motifs is 1. The summed E-state index contributed by atoms with van der Waals surface area (Å²) in [5.41, 5.74) is 3.54. The van der Waals surface area contributed by atoms with Gasteiger partial charge in [0.05, 0.1) is 30.1 Å². The molecule has 1 aliphatic rings. The van der Waals surface area contributed by atoms with E-state index in [4.69, 9.17) is 30.5 Å². The van der Waals surface area contributed by atoms with Crippen LogP contribution in [0.15, 0.2) is 59.8 Å². The molecule has 3 aromatic carbocycles.